The van der Waals surface area contributed by atoms with Crippen LogP contribution in [0.1, 0.15) is 23.0 Å². The van der Waals surface area contributed by atoms with Gasteiger partial charge in [-0.05, 0) is 52.7 Å². The summed E-state index contributed by atoms with van der Waals surface area (Å²) in [6, 6.07) is 10.9. The fourth-order valence-electron chi connectivity index (χ4n) is 1.38. The van der Waals surface area contributed by atoms with Gasteiger partial charge in [-0.25, -0.2) is 5.43 Å². The first-order chi connectivity index (χ1) is 9.06. The molecule has 19 heavy (non-hydrogen) atoms. The minimum Gasteiger partial charge on any atom is -0.444 e. The van der Waals surface area contributed by atoms with Crippen molar-refractivity contribution in [1.29, 1.82) is 0 Å². The van der Waals surface area contributed by atoms with Gasteiger partial charge < -0.3 is 4.42 Å². The van der Waals surface area contributed by atoms with Gasteiger partial charge in [-0.2, -0.15) is 5.10 Å². The second-order valence-corrected chi connectivity index (χ2v) is 5.45. The summed E-state index contributed by atoms with van der Waals surface area (Å²) in [4.78, 5) is 11.7. The minimum absolute atomic E-state index is 0.208. The number of rotatable bonds is 3. The molecule has 0 atom stereocenters. The fourth-order valence-corrected chi connectivity index (χ4v) is 1.95. The van der Waals surface area contributed by atoms with Crippen molar-refractivity contribution in [2.24, 2.45) is 5.10 Å². The van der Waals surface area contributed by atoms with Crippen LogP contribution in [0, 0.1) is 0 Å². The number of nitrogens with zero attached hydrogens (tertiary/aromatic N) is 1. The van der Waals surface area contributed by atoms with E-state index in [4.69, 9.17) is 4.42 Å². The first kappa shape index (κ1) is 14.0. The van der Waals surface area contributed by atoms with Gasteiger partial charge in [0.05, 0.1) is 5.71 Å². The molecular formula is C13H10Br2N2O2. The first-order valence-corrected chi connectivity index (χ1v) is 7.01. The van der Waals surface area contributed by atoms with E-state index in [9.17, 15) is 4.79 Å². The Morgan fingerprint density at radius 3 is 2.42 bits per heavy atom. The van der Waals surface area contributed by atoms with Gasteiger partial charge in [0.2, 0.25) is 0 Å². The smallest absolute Gasteiger partial charge is 0.307 e. The number of amides is 1. The Bertz CT molecular complexity index is 618. The van der Waals surface area contributed by atoms with Crippen molar-refractivity contribution in [3.05, 3.63) is 56.9 Å². The molecule has 2 rings (SSSR count). The van der Waals surface area contributed by atoms with Gasteiger partial charge in [0.25, 0.3) is 0 Å². The maximum atomic E-state index is 11.7. The molecule has 98 valence electrons. The summed E-state index contributed by atoms with van der Waals surface area (Å²) in [5, 5.41) is 4.04. The van der Waals surface area contributed by atoms with Gasteiger partial charge >= 0.3 is 5.91 Å². The van der Waals surface area contributed by atoms with Crippen LogP contribution in [-0.4, -0.2) is 11.6 Å². The van der Waals surface area contributed by atoms with Gasteiger partial charge in [-0.3, -0.25) is 4.79 Å². The molecular weight excluding hydrogens is 376 g/mol. The third kappa shape index (κ3) is 3.78. The molecule has 6 heteroatoms. The summed E-state index contributed by atoms with van der Waals surface area (Å²) in [6.07, 6.45) is 0. The molecule has 0 aliphatic heterocycles. The van der Waals surface area contributed by atoms with Crippen molar-refractivity contribution in [1.82, 2.24) is 5.43 Å². The van der Waals surface area contributed by atoms with Crippen LogP contribution in [-0.2, 0) is 0 Å². The Kier molecular flexibility index (Phi) is 4.55. The molecule has 0 spiro atoms. The van der Waals surface area contributed by atoms with E-state index >= 15 is 0 Å². The minimum atomic E-state index is -0.387. The average Bonchev–Trinajstić information content (AvgIpc) is 2.83. The predicted molar refractivity (Wildman–Crippen MR) is 80.2 cm³/mol. The molecule has 1 aromatic carbocycles. The number of carbonyl (C=O) groups excluding carboxylic acids is 1. The number of halogens is 2. The van der Waals surface area contributed by atoms with E-state index in [1.807, 2.05) is 31.2 Å². The van der Waals surface area contributed by atoms with Crippen molar-refractivity contribution >= 4 is 43.5 Å². The molecule has 1 aromatic heterocycles. The molecule has 4 nitrogen and oxygen atoms in total. The van der Waals surface area contributed by atoms with Crippen LogP contribution < -0.4 is 5.43 Å². The summed E-state index contributed by atoms with van der Waals surface area (Å²) in [5.41, 5.74) is 4.10. The third-order valence-electron chi connectivity index (χ3n) is 2.38. The fraction of sp³-hybridized carbons (Fsp3) is 0.0769. The zero-order chi connectivity index (χ0) is 13.8. The molecule has 0 unspecified atom stereocenters. The molecule has 0 bridgehead atoms. The van der Waals surface area contributed by atoms with Crippen LogP contribution in [0.15, 0.2) is 55.1 Å². The second kappa shape index (κ2) is 6.16. The number of nitrogens with one attached hydrogen (secondary N) is 1. The second-order valence-electron chi connectivity index (χ2n) is 3.75. The quantitative estimate of drug-likeness (QED) is 0.642. The lowest BCUT2D eigenvalue weighted by Gasteiger charge is -2.01. The summed E-state index contributed by atoms with van der Waals surface area (Å²) in [6.45, 7) is 1.82. The van der Waals surface area contributed by atoms with E-state index in [-0.39, 0.29) is 11.7 Å². The Hall–Kier alpha value is -1.40. The van der Waals surface area contributed by atoms with E-state index in [0.717, 1.165) is 10.0 Å². The Balaban J connectivity index is 2.06. The lowest BCUT2D eigenvalue weighted by Crippen LogP contribution is -2.18. The van der Waals surface area contributed by atoms with Crippen LogP contribution in [0.5, 0.6) is 0 Å². The standard InChI is InChI=1S/C13H10Br2N2O2/c1-8(9-2-4-10(14)5-3-9)16-17-13(18)11-6-7-12(15)19-11/h2-7H,1H3,(H,17,18). The molecule has 0 aliphatic carbocycles. The molecule has 0 fully saturated rings. The highest BCUT2D eigenvalue weighted by molar-refractivity contribution is 9.10. The van der Waals surface area contributed by atoms with E-state index in [1.54, 1.807) is 12.1 Å². The van der Waals surface area contributed by atoms with Crippen LogP contribution in [0.3, 0.4) is 0 Å². The average molecular weight is 386 g/mol. The molecule has 1 N–H and O–H groups in total. The summed E-state index contributed by atoms with van der Waals surface area (Å²) < 4.78 is 6.63. The summed E-state index contributed by atoms with van der Waals surface area (Å²) >= 11 is 6.50. The highest BCUT2D eigenvalue weighted by Crippen LogP contribution is 2.14. The monoisotopic (exact) mass is 384 g/mol. The van der Waals surface area contributed by atoms with Gasteiger partial charge in [0.1, 0.15) is 0 Å². The lowest BCUT2D eigenvalue weighted by atomic mass is 10.1. The van der Waals surface area contributed by atoms with Crippen LogP contribution in [0.4, 0.5) is 0 Å². The van der Waals surface area contributed by atoms with Crippen LogP contribution in [0.2, 0.25) is 0 Å². The number of furan rings is 1. The lowest BCUT2D eigenvalue weighted by molar-refractivity contribution is 0.0926. The van der Waals surface area contributed by atoms with Crippen molar-refractivity contribution in [2.45, 2.75) is 6.92 Å². The molecule has 0 radical (unpaired) electrons. The number of hydrogen-bond donors (Lipinski definition) is 1. The third-order valence-corrected chi connectivity index (χ3v) is 3.34. The van der Waals surface area contributed by atoms with E-state index in [0.29, 0.717) is 10.4 Å². The zero-order valence-electron chi connectivity index (χ0n) is 9.98. The van der Waals surface area contributed by atoms with Crippen LogP contribution in [0.25, 0.3) is 0 Å². The van der Waals surface area contributed by atoms with Gasteiger partial charge in [-0.15, -0.1) is 0 Å². The van der Waals surface area contributed by atoms with Crippen molar-refractivity contribution in [3.8, 4) is 0 Å². The van der Waals surface area contributed by atoms with Gasteiger partial charge in [0, 0.05) is 4.47 Å². The van der Waals surface area contributed by atoms with E-state index < -0.39 is 0 Å². The molecule has 0 aliphatic rings. The molecule has 1 heterocycles. The van der Waals surface area contributed by atoms with Gasteiger partial charge in [0.15, 0.2) is 10.4 Å². The zero-order valence-corrected chi connectivity index (χ0v) is 13.2. The van der Waals surface area contributed by atoms with Crippen molar-refractivity contribution < 1.29 is 9.21 Å². The van der Waals surface area contributed by atoms with E-state index in [2.05, 4.69) is 42.4 Å². The molecule has 1 amide bonds. The Morgan fingerprint density at radius 2 is 1.84 bits per heavy atom. The summed E-state index contributed by atoms with van der Waals surface area (Å²) in [7, 11) is 0. The predicted octanol–water partition coefficient (Wildman–Crippen LogP) is 3.96. The SMILES string of the molecule is CC(=NNC(=O)c1ccc(Br)o1)c1ccc(Br)cc1. The Morgan fingerprint density at radius 1 is 1.16 bits per heavy atom. The number of hydrazone groups is 1. The molecule has 2 aromatic rings. The number of benzene rings is 1. The topological polar surface area (TPSA) is 54.6 Å². The van der Waals surface area contributed by atoms with Crippen LogP contribution >= 0.6 is 31.9 Å². The van der Waals surface area contributed by atoms with E-state index in [1.165, 1.54) is 0 Å². The number of carbonyl (C=O) groups is 1. The maximum absolute atomic E-state index is 11.7. The first-order valence-electron chi connectivity index (χ1n) is 5.42. The number of hydrogen-bond acceptors (Lipinski definition) is 3. The van der Waals surface area contributed by atoms with Gasteiger partial charge in [-0.1, -0.05) is 28.1 Å². The van der Waals surface area contributed by atoms with Crippen molar-refractivity contribution in [3.63, 3.8) is 0 Å². The highest BCUT2D eigenvalue weighted by atomic mass is 79.9. The Labute approximate surface area is 127 Å². The maximum Gasteiger partial charge on any atom is 0.307 e. The largest absolute Gasteiger partial charge is 0.444 e. The molecule has 0 saturated heterocycles. The molecule has 0 saturated carbocycles. The summed E-state index contributed by atoms with van der Waals surface area (Å²) in [5.74, 6) is -0.179. The normalized spacial score (nSPS) is 11.4. The highest BCUT2D eigenvalue weighted by Gasteiger charge is 2.09. The van der Waals surface area contributed by atoms with Crippen molar-refractivity contribution in [2.75, 3.05) is 0 Å².